The van der Waals surface area contributed by atoms with E-state index in [1.807, 2.05) is 53.4 Å². The molecule has 0 radical (unpaired) electrons. The lowest BCUT2D eigenvalue weighted by molar-refractivity contribution is -0.138. The lowest BCUT2D eigenvalue weighted by Gasteiger charge is -2.41. The van der Waals surface area contributed by atoms with E-state index in [0.717, 1.165) is 35.6 Å². The van der Waals surface area contributed by atoms with Crippen molar-refractivity contribution in [1.29, 1.82) is 0 Å². The summed E-state index contributed by atoms with van der Waals surface area (Å²) in [6.45, 7) is 1.74. The first-order valence-corrected chi connectivity index (χ1v) is 8.56. The van der Waals surface area contributed by atoms with Gasteiger partial charge in [-0.3, -0.25) is 4.79 Å². The van der Waals surface area contributed by atoms with Crippen LogP contribution in [-0.4, -0.2) is 37.6 Å². The molecule has 2 aromatic rings. The van der Waals surface area contributed by atoms with Crippen molar-refractivity contribution in [1.82, 2.24) is 4.90 Å². The Morgan fingerprint density at radius 2 is 2.00 bits per heavy atom. The van der Waals surface area contributed by atoms with Crippen LogP contribution in [-0.2, 0) is 11.2 Å². The van der Waals surface area contributed by atoms with Gasteiger partial charge in [-0.2, -0.15) is 0 Å². The Morgan fingerprint density at radius 1 is 1.20 bits per heavy atom. The van der Waals surface area contributed by atoms with Crippen LogP contribution in [0.1, 0.15) is 23.6 Å². The van der Waals surface area contributed by atoms with Crippen LogP contribution in [0.2, 0.25) is 0 Å². The zero-order chi connectivity index (χ0) is 17.6. The second-order valence-electron chi connectivity index (χ2n) is 6.13. The van der Waals surface area contributed by atoms with Gasteiger partial charge in [-0.25, -0.2) is 0 Å². The van der Waals surface area contributed by atoms with Crippen molar-refractivity contribution in [3.63, 3.8) is 0 Å². The summed E-state index contributed by atoms with van der Waals surface area (Å²) in [5.74, 6) is 1.71. The Balaban J connectivity index is 1.65. The van der Waals surface area contributed by atoms with Gasteiger partial charge in [0.2, 0.25) is 5.91 Å². The van der Waals surface area contributed by atoms with Crippen LogP contribution in [0.15, 0.2) is 48.5 Å². The molecule has 0 aliphatic carbocycles. The molecular weight excluding hydrogens is 316 g/mol. The lowest BCUT2D eigenvalue weighted by atomic mass is 9.93. The third kappa shape index (κ3) is 4.12. The van der Waals surface area contributed by atoms with Crippen LogP contribution in [0.4, 0.5) is 0 Å². The van der Waals surface area contributed by atoms with Gasteiger partial charge < -0.3 is 20.1 Å². The van der Waals surface area contributed by atoms with Crippen molar-refractivity contribution in [3.05, 3.63) is 59.7 Å². The zero-order valence-corrected chi connectivity index (χ0v) is 14.5. The molecule has 3 rings (SSSR count). The molecule has 1 aliphatic rings. The molecule has 1 atom stereocenters. The normalized spacial score (nSPS) is 16.2. The number of nitrogens with two attached hydrogens (primary N) is 1. The van der Waals surface area contributed by atoms with Gasteiger partial charge in [0.1, 0.15) is 18.1 Å². The minimum atomic E-state index is 0.134. The van der Waals surface area contributed by atoms with E-state index >= 15 is 0 Å². The van der Waals surface area contributed by atoms with Gasteiger partial charge >= 0.3 is 0 Å². The molecule has 1 heterocycles. The Labute approximate surface area is 148 Å². The summed E-state index contributed by atoms with van der Waals surface area (Å²) >= 11 is 0. The molecule has 2 aromatic carbocycles. The average Bonchev–Trinajstić information content (AvgIpc) is 2.59. The predicted molar refractivity (Wildman–Crippen MR) is 96.8 cm³/mol. The third-order valence-electron chi connectivity index (χ3n) is 4.46. The molecule has 1 fully saturated rings. The van der Waals surface area contributed by atoms with E-state index in [9.17, 15) is 4.79 Å². The quantitative estimate of drug-likeness (QED) is 0.841. The minimum absolute atomic E-state index is 0.134. The summed E-state index contributed by atoms with van der Waals surface area (Å²) in [6, 6.07) is 15.7. The first-order chi connectivity index (χ1) is 12.2. The molecule has 132 valence electrons. The summed E-state index contributed by atoms with van der Waals surface area (Å²) in [5, 5.41) is 0. The first kappa shape index (κ1) is 17.3. The molecule has 0 bridgehead atoms. The fourth-order valence-corrected chi connectivity index (χ4v) is 3.08. The standard InChI is InChI=1S/C20H24N2O3/c1-24-17-6-3-5-16(14-17)19-8-10-22(19)20(23)13-15-4-2-7-18(12-15)25-11-9-21/h2-7,12,14,19H,8-11,13,21H2,1H3/t19-/m0/s1. The highest BCUT2D eigenvalue weighted by molar-refractivity contribution is 5.80. The largest absolute Gasteiger partial charge is 0.497 e. The van der Waals surface area contributed by atoms with Crippen LogP contribution < -0.4 is 15.2 Å². The number of rotatable bonds is 7. The third-order valence-corrected chi connectivity index (χ3v) is 4.46. The molecule has 0 spiro atoms. The molecule has 1 amide bonds. The Hall–Kier alpha value is -2.53. The van der Waals surface area contributed by atoms with Gasteiger partial charge in [0.15, 0.2) is 0 Å². The van der Waals surface area contributed by atoms with Crippen LogP contribution in [0.25, 0.3) is 0 Å². The maximum Gasteiger partial charge on any atom is 0.227 e. The van der Waals surface area contributed by atoms with E-state index in [4.69, 9.17) is 15.2 Å². The number of benzene rings is 2. The number of hydrogen-bond acceptors (Lipinski definition) is 4. The lowest BCUT2D eigenvalue weighted by Crippen LogP contribution is -2.45. The monoisotopic (exact) mass is 340 g/mol. The highest BCUT2D eigenvalue weighted by atomic mass is 16.5. The smallest absolute Gasteiger partial charge is 0.227 e. The van der Waals surface area contributed by atoms with Crippen LogP contribution in [0, 0.1) is 0 Å². The van der Waals surface area contributed by atoms with Gasteiger partial charge in [0.05, 0.1) is 19.6 Å². The molecule has 1 saturated heterocycles. The van der Waals surface area contributed by atoms with Gasteiger partial charge in [-0.15, -0.1) is 0 Å². The van der Waals surface area contributed by atoms with Gasteiger partial charge in [0, 0.05) is 13.1 Å². The maximum atomic E-state index is 12.7. The fraction of sp³-hybridized carbons (Fsp3) is 0.350. The molecular formula is C20H24N2O3. The second kappa shape index (κ2) is 8.03. The SMILES string of the molecule is COc1cccc([C@@H]2CCN2C(=O)Cc2cccc(OCCN)c2)c1. The van der Waals surface area contributed by atoms with E-state index in [1.165, 1.54) is 0 Å². The van der Waals surface area contributed by atoms with Crippen molar-refractivity contribution < 1.29 is 14.3 Å². The van der Waals surface area contributed by atoms with E-state index in [0.29, 0.717) is 19.6 Å². The number of hydrogen-bond donors (Lipinski definition) is 1. The topological polar surface area (TPSA) is 64.8 Å². The van der Waals surface area contributed by atoms with Crippen molar-refractivity contribution in [3.8, 4) is 11.5 Å². The summed E-state index contributed by atoms with van der Waals surface area (Å²) in [6.07, 6.45) is 1.36. The van der Waals surface area contributed by atoms with Gasteiger partial charge in [-0.1, -0.05) is 24.3 Å². The van der Waals surface area contributed by atoms with Crippen LogP contribution in [0.5, 0.6) is 11.5 Å². The van der Waals surface area contributed by atoms with E-state index in [2.05, 4.69) is 0 Å². The summed E-state index contributed by atoms with van der Waals surface area (Å²) < 4.78 is 10.8. The van der Waals surface area contributed by atoms with Crippen molar-refractivity contribution >= 4 is 5.91 Å². The number of carbonyl (C=O) groups is 1. The molecule has 0 saturated carbocycles. The molecule has 1 aliphatic heterocycles. The van der Waals surface area contributed by atoms with E-state index in [-0.39, 0.29) is 11.9 Å². The molecule has 0 unspecified atom stereocenters. The summed E-state index contributed by atoms with van der Waals surface area (Å²) in [4.78, 5) is 14.6. The number of nitrogens with zero attached hydrogens (tertiary/aromatic N) is 1. The highest BCUT2D eigenvalue weighted by Gasteiger charge is 2.33. The second-order valence-corrected chi connectivity index (χ2v) is 6.13. The minimum Gasteiger partial charge on any atom is -0.497 e. The number of carbonyl (C=O) groups excluding carboxylic acids is 1. The number of ether oxygens (including phenoxy) is 2. The summed E-state index contributed by atoms with van der Waals surface area (Å²) in [5.41, 5.74) is 7.54. The molecule has 5 heteroatoms. The Bertz CT molecular complexity index is 732. The maximum absolute atomic E-state index is 12.7. The number of methoxy groups -OCH3 is 1. The average molecular weight is 340 g/mol. The van der Waals surface area contributed by atoms with Crippen molar-refractivity contribution in [2.45, 2.75) is 18.9 Å². The highest BCUT2D eigenvalue weighted by Crippen LogP contribution is 2.35. The number of likely N-dealkylation sites (tertiary alicyclic amines) is 1. The van der Waals surface area contributed by atoms with E-state index in [1.54, 1.807) is 7.11 Å². The molecule has 0 aromatic heterocycles. The predicted octanol–water partition coefficient (Wildman–Crippen LogP) is 2.55. The molecule has 5 nitrogen and oxygen atoms in total. The van der Waals surface area contributed by atoms with Crippen LogP contribution in [0.3, 0.4) is 0 Å². The van der Waals surface area contributed by atoms with Crippen LogP contribution >= 0.6 is 0 Å². The summed E-state index contributed by atoms with van der Waals surface area (Å²) in [7, 11) is 1.66. The van der Waals surface area contributed by atoms with Gasteiger partial charge in [0.25, 0.3) is 0 Å². The van der Waals surface area contributed by atoms with Crippen molar-refractivity contribution in [2.24, 2.45) is 5.73 Å². The fourth-order valence-electron chi connectivity index (χ4n) is 3.08. The van der Waals surface area contributed by atoms with Gasteiger partial charge in [-0.05, 0) is 41.8 Å². The first-order valence-electron chi connectivity index (χ1n) is 8.56. The molecule has 2 N–H and O–H groups in total. The Morgan fingerprint density at radius 3 is 2.72 bits per heavy atom. The number of amides is 1. The Kier molecular flexibility index (Phi) is 5.56. The molecule has 25 heavy (non-hydrogen) atoms. The zero-order valence-electron chi connectivity index (χ0n) is 14.5. The van der Waals surface area contributed by atoms with E-state index < -0.39 is 0 Å². The van der Waals surface area contributed by atoms with Crippen molar-refractivity contribution in [2.75, 3.05) is 26.8 Å².